The molecule has 0 atom stereocenters. The van der Waals surface area contributed by atoms with Crippen molar-refractivity contribution >= 4 is 5.91 Å². The van der Waals surface area contributed by atoms with Crippen molar-refractivity contribution in [1.82, 2.24) is 5.32 Å². The highest BCUT2D eigenvalue weighted by Gasteiger charge is 2.07. The van der Waals surface area contributed by atoms with Crippen molar-refractivity contribution in [3.8, 4) is 0 Å². The summed E-state index contributed by atoms with van der Waals surface area (Å²) in [5.74, 6) is -1.39. The molecule has 0 radical (unpaired) electrons. The number of nitrogens with one attached hydrogen (secondary N) is 1. The molecule has 0 fully saturated rings. The number of hydrogen-bond acceptors (Lipinski definition) is 1. The predicted octanol–water partition coefficient (Wildman–Crippen LogP) is 3.25. The maximum absolute atomic E-state index is 13.0. The van der Waals surface area contributed by atoms with E-state index in [4.69, 9.17) is 0 Å². The number of aryl methyl sites for hydroxylation is 1. The van der Waals surface area contributed by atoms with Crippen molar-refractivity contribution in [3.63, 3.8) is 0 Å². The Kier molecular flexibility index (Phi) is 4.45. The Morgan fingerprint density at radius 3 is 2.40 bits per heavy atom. The first-order valence-electron chi connectivity index (χ1n) is 6.35. The second-order valence-corrected chi connectivity index (χ2v) is 4.60. The van der Waals surface area contributed by atoms with Crippen molar-refractivity contribution < 1.29 is 13.6 Å². The molecule has 0 spiro atoms. The van der Waals surface area contributed by atoms with Crippen LogP contribution in [0.25, 0.3) is 0 Å². The lowest BCUT2D eigenvalue weighted by Gasteiger charge is -2.07. The average molecular weight is 275 g/mol. The fraction of sp³-hybridized carbons (Fsp3) is 0.188. The minimum atomic E-state index is -0.606. The van der Waals surface area contributed by atoms with E-state index in [2.05, 4.69) is 5.32 Å². The van der Waals surface area contributed by atoms with Gasteiger partial charge in [0.15, 0.2) is 0 Å². The molecule has 2 aromatic carbocycles. The van der Waals surface area contributed by atoms with Gasteiger partial charge in [-0.2, -0.15) is 0 Å². The van der Waals surface area contributed by atoms with Crippen LogP contribution in [0.2, 0.25) is 0 Å². The summed E-state index contributed by atoms with van der Waals surface area (Å²) in [4.78, 5) is 11.9. The summed E-state index contributed by atoms with van der Waals surface area (Å²) in [7, 11) is 0. The minimum Gasteiger partial charge on any atom is -0.352 e. The van der Waals surface area contributed by atoms with Crippen molar-refractivity contribution in [2.75, 3.05) is 6.54 Å². The number of rotatable bonds is 4. The molecule has 4 heteroatoms. The van der Waals surface area contributed by atoms with Crippen LogP contribution >= 0.6 is 0 Å². The molecule has 2 nitrogen and oxygen atoms in total. The highest BCUT2D eigenvalue weighted by molar-refractivity contribution is 5.95. The van der Waals surface area contributed by atoms with E-state index in [0.717, 1.165) is 11.6 Å². The second-order valence-electron chi connectivity index (χ2n) is 4.60. The molecule has 0 aliphatic rings. The maximum Gasteiger partial charge on any atom is 0.251 e. The molecule has 0 saturated heterocycles. The number of benzene rings is 2. The SMILES string of the molecule is Cc1ccccc1C(=O)NCCc1cc(F)cc(F)c1. The monoisotopic (exact) mass is 275 g/mol. The molecule has 0 saturated carbocycles. The molecule has 2 rings (SSSR count). The van der Waals surface area contributed by atoms with Crippen LogP contribution in [0.4, 0.5) is 8.78 Å². The van der Waals surface area contributed by atoms with Gasteiger partial charge in [0.2, 0.25) is 0 Å². The fourth-order valence-electron chi connectivity index (χ4n) is 2.00. The van der Waals surface area contributed by atoms with E-state index in [-0.39, 0.29) is 5.91 Å². The molecule has 0 aliphatic heterocycles. The van der Waals surface area contributed by atoms with Gasteiger partial charge in [-0.05, 0) is 42.7 Å². The standard InChI is InChI=1S/C16H15F2NO/c1-11-4-2-3-5-15(11)16(20)19-7-6-12-8-13(17)10-14(18)9-12/h2-5,8-10H,6-7H2,1H3,(H,19,20). The number of hydrogen-bond donors (Lipinski definition) is 1. The van der Waals surface area contributed by atoms with Crippen molar-refractivity contribution in [2.45, 2.75) is 13.3 Å². The lowest BCUT2D eigenvalue weighted by atomic mass is 10.1. The highest BCUT2D eigenvalue weighted by atomic mass is 19.1. The normalized spacial score (nSPS) is 10.3. The van der Waals surface area contributed by atoms with Gasteiger partial charge in [0.05, 0.1) is 0 Å². The Morgan fingerprint density at radius 2 is 1.75 bits per heavy atom. The van der Waals surface area contributed by atoms with Gasteiger partial charge in [0.1, 0.15) is 11.6 Å². The third kappa shape index (κ3) is 3.63. The van der Waals surface area contributed by atoms with E-state index in [1.165, 1.54) is 12.1 Å². The fourth-order valence-corrected chi connectivity index (χ4v) is 2.00. The van der Waals surface area contributed by atoms with E-state index >= 15 is 0 Å². The number of carbonyl (C=O) groups is 1. The Balaban J connectivity index is 1.93. The van der Waals surface area contributed by atoms with E-state index < -0.39 is 11.6 Å². The summed E-state index contributed by atoms with van der Waals surface area (Å²) < 4.78 is 26.0. The summed E-state index contributed by atoms with van der Waals surface area (Å²) in [5, 5.41) is 2.74. The largest absolute Gasteiger partial charge is 0.352 e. The van der Waals surface area contributed by atoms with Gasteiger partial charge in [0.25, 0.3) is 5.91 Å². The van der Waals surface area contributed by atoms with Crippen LogP contribution in [0.3, 0.4) is 0 Å². The smallest absolute Gasteiger partial charge is 0.251 e. The van der Waals surface area contributed by atoms with Crippen LogP contribution in [0.15, 0.2) is 42.5 Å². The zero-order valence-electron chi connectivity index (χ0n) is 11.1. The van der Waals surface area contributed by atoms with Crippen molar-refractivity contribution in [2.24, 2.45) is 0 Å². The highest BCUT2D eigenvalue weighted by Crippen LogP contribution is 2.09. The van der Waals surface area contributed by atoms with Crippen molar-refractivity contribution in [1.29, 1.82) is 0 Å². The molecule has 0 bridgehead atoms. The van der Waals surface area contributed by atoms with Crippen LogP contribution in [-0.2, 0) is 6.42 Å². The van der Waals surface area contributed by atoms with Crippen LogP contribution in [0.1, 0.15) is 21.5 Å². The van der Waals surface area contributed by atoms with E-state index in [0.29, 0.717) is 24.1 Å². The second kappa shape index (κ2) is 6.28. The van der Waals surface area contributed by atoms with Gasteiger partial charge in [0, 0.05) is 18.2 Å². The van der Waals surface area contributed by atoms with E-state index in [1.54, 1.807) is 12.1 Å². The lowest BCUT2D eigenvalue weighted by Crippen LogP contribution is -2.26. The van der Waals surface area contributed by atoms with Gasteiger partial charge < -0.3 is 5.32 Å². The summed E-state index contributed by atoms with van der Waals surface area (Å²) >= 11 is 0. The van der Waals surface area contributed by atoms with Crippen LogP contribution < -0.4 is 5.32 Å². The van der Waals surface area contributed by atoms with Gasteiger partial charge >= 0.3 is 0 Å². The molecular formula is C16H15F2NO. The van der Waals surface area contributed by atoms with Gasteiger partial charge in [-0.3, -0.25) is 4.79 Å². The average Bonchev–Trinajstić information content (AvgIpc) is 2.38. The molecular weight excluding hydrogens is 260 g/mol. The van der Waals surface area contributed by atoms with Crippen molar-refractivity contribution in [3.05, 3.63) is 70.8 Å². The Morgan fingerprint density at radius 1 is 1.10 bits per heavy atom. The Labute approximate surface area is 116 Å². The number of amides is 1. The minimum absolute atomic E-state index is 0.181. The predicted molar refractivity (Wildman–Crippen MR) is 73.6 cm³/mol. The zero-order valence-corrected chi connectivity index (χ0v) is 11.1. The quantitative estimate of drug-likeness (QED) is 0.911. The molecule has 2 aromatic rings. The summed E-state index contributed by atoms with van der Waals surface area (Å²) in [6, 6.07) is 10.6. The van der Waals surface area contributed by atoms with Crippen LogP contribution in [0.5, 0.6) is 0 Å². The summed E-state index contributed by atoms with van der Waals surface area (Å²) in [6.45, 7) is 2.19. The van der Waals surface area contributed by atoms with Crippen LogP contribution in [0, 0.1) is 18.6 Å². The first-order chi connectivity index (χ1) is 9.56. The number of carbonyl (C=O) groups excluding carboxylic acids is 1. The Bertz CT molecular complexity index is 605. The molecule has 0 aromatic heterocycles. The van der Waals surface area contributed by atoms with E-state index in [1.807, 2.05) is 19.1 Å². The molecule has 104 valence electrons. The van der Waals surface area contributed by atoms with Gasteiger partial charge in [-0.25, -0.2) is 8.78 Å². The van der Waals surface area contributed by atoms with E-state index in [9.17, 15) is 13.6 Å². The summed E-state index contributed by atoms with van der Waals surface area (Å²) in [5.41, 5.74) is 2.02. The van der Waals surface area contributed by atoms with Gasteiger partial charge in [-0.1, -0.05) is 18.2 Å². The molecule has 1 amide bonds. The molecule has 0 unspecified atom stereocenters. The maximum atomic E-state index is 13.0. The summed E-state index contributed by atoms with van der Waals surface area (Å²) in [6.07, 6.45) is 0.381. The molecule has 0 aliphatic carbocycles. The lowest BCUT2D eigenvalue weighted by molar-refractivity contribution is 0.0953. The first-order valence-corrected chi connectivity index (χ1v) is 6.35. The molecule has 20 heavy (non-hydrogen) atoms. The third-order valence-electron chi connectivity index (χ3n) is 3.01. The zero-order chi connectivity index (χ0) is 14.5. The number of halogens is 2. The Hall–Kier alpha value is -2.23. The molecule has 1 N–H and O–H groups in total. The third-order valence-corrected chi connectivity index (χ3v) is 3.01. The topological polar surface area (TPSA) is 29.1 Å². The first kappa shape index (κ1) is 14.2. The van der Waals surface area contributed by atoms with Crippen LogP contribution in [-0.4, -0.2) is 12.5 Å². The molecule has 0 heterocycles. The van der Waals surface area contributed by atoms with Gasteiger partial charge in [-0.15, -0.1) is 0 Å².